The van der Waals surface area contributed by atoms with Crippen molar-refractivity contribution in [2.45, 2.75) is 83.8 Å². The molecule has 3 aliphatic rings. The lowest BCUT2D eigenvalue weighted by molar-refractivity contribution is -0.138. The Labute approximate surface area is 290 Å². The van der Waals surface area contributed by atoms with Gasteiger partial charge in [-0.3, -0.25) is 28.8 Å². The number of aromatic nitrogens is 6. The fourth-order valence-electron chi connectivity index (χ4n) is 7.23. The molecule has 0 spiro atoms. The Morgan fingerprint density at radius 1 is 1.04 bits per heavy atom. The van der Waals surface area contributed by atoms with Crippen LogP contribution in [0.3, 0.4) is 0 Å². The second-order valence-corrected chi connectivity index (χ2v) is 14.1. The lowest BCUT2D eigenvalue weighted by Crippen LogP contribution is -2.47. The number of carbonyl (C=O) groups excluding carboxylic acids is 4. The molecule has 14 nitrogen and oxygen atoms in total. The third-order valence-electron chi connectivity index (χ3n) is 9.91. The van der Waals surface area contributed by atoms with Gasteiger partial charge in [-0.2, -0.15) is 5.10 Å². The summed E-state index contributed by atoms with van der Waals surface area (Å²) in [7, 11) is 0. The molecular formula is C34H37BrN10O4. The van der Waals surface area contributed by atoms with E-state index in [1.54, 1.807) is 36.4 Å². The van der Waals surface area contributed by atoms with Gasteiger partial charge in [0.25, 0.3) is 5.91 Å². The van der Waals surface area contributed by atoms with Gasteiger partial charge in [0.2, 0.25) is 17.7 Å². The van der Waals surface area contributed by atoms with Gasteiger partial charge < -0.3 is 21.3 Å². The average Bonchev–Trinajstić information content (AvgIpc) is 3.48. The summed E-state index contributed by atoms with van der Waals surface area (Å²) < 4.78 is 2.08. The number of carbonyl (C=O) groups is 4. The van der Waals surface area contributed by atoms with Crippen LogP contribution >= 0.6 is 15.9 Å². The number of hydrogen-bond acceptors (Lipinski definition) is 9. The molecule has 3 atom stereocenters. The number of anilines is 1. The van der Waals surface area contributed by atoms with Gasteiger partial charge in [0.15, 0.2) is 5.69 Å². The van der Waals surface area contributed by atoms with Crippen LogP contribution < -0.4 is 16.4 Å². The fraction of sp³-hybridized carbons (Fsp3) is 0.441. The van der Waals surface area contributed by atoms with Gasteiger partial charge in [-0.15, -0.1) is 0 Å². The van der Waals surface area contributed by atoms with E-state index in [1.165, 1.54) is 4.68 Å². The molecule has 1 saturated heterocycles. The summed E-state index contributed by atoms with van der Waals surface area (Å²) >= 11 is 3.37. The number of nitrogens with two attached hydrogens (primary N) is 1. The number of primary amides is 1. The molecule has 1 saturated carbocycles. The van der Waals surface area contributed by atoms with E-state index < -0.39 is 17.4 Å². The van der Waals surface area contributed by atoms with Gasteiger partial charge in [-0.25, -0.2) is 15.0 Å². The van der Waals surface area contributed by atoms with E-state index in [-0.39, 0.29) is 36.0 Å². The molecule has 4 N–H and O–H groups in total. The van der Waals surface area contributed by atoms with Gasteiger partial charge in [0, 0.05) is 47.8 Å². The quantitative estimate of drug-likeness (QED) is 0.265. The van der Waals surface area contributed by atoms with E-state index in [0.717, 1.165) is 31.2 Å². The van der Waals surface area contributed by atoms with E-state index in [0.29, 0.717) is 76.3 Å². The van der Waals surface area contributed by atoms with E-state index in [2.05, 4.69) is 46.6 Å². The van der Waals surface area contributed by atoms with Crippen molar-refractivity contribution in [2.24, 2.45) is 11.1 Å². The summed E-state index contributed by atoms with van der Waals surface area (Å²) in [6.07, 6.45) is 8.60. The van der Waals surface area contributed by atoms with Crippen molar-refractivity contribution in [3.05, 3.63) is 58.0 Å². The van der Waals surface area contributed by atoms with Gasteiger partial charge in [-0.1, -0.05) is 18.9 Å². The minimum Gasteiger partial charge on any atom is -0.364 e. The maximum absolute atomic E-state index is 14.4. The zero-order valence-electron chi connectivity index (χ0n) is 27.3. The zero-order chi connectivity index (χ0) is 34.4. The molecule has 0 unspecified atom stereocenters. The first-order chi connectivity index (χ1) is 23.5. The molecule has 0 radical (unpaired) electrons. The molecule has 1 aliphatic carbocycles. The summed E-state index contributed by atoms with van der Waals surface area (Å²) in [5, 5.41) is 11.1. The van der Waals surface area contributed by atoms with E-state index in [1.807, 2.05) is 13.0 Å². The Hall–Kier alpha value is -4.79. The highest BCUT2D eigenvalue weighted by Gasteiger charge is 2.67. The van der Waals surface area contributed by atoms with Gasteiger partial charge in [-0.05, 0) is 79.6 Å². The maximum Gasteiger partial charge on any atom is 0.269 e. The van der Waals surface area contributed by atoms with Crippen molar-refractivity contribution in [3.63, 3.8) is 0 Å². The molecule has 49 heavy (non-hydrogen) atoms. The third-order valence-corrected chi connectivity index (χ3v) is 10.4. The topological polar surface area (TPSA) is 191 Å². The Balaban J connectivity index is 1.29. The van der Waals surface area contributed by atoms with Crippen LogP contribution in [0.4, 0.5) is 5.82 Å². The zero-order valence-corrected chi connectivity index (χ0v) is 28.9. The lowest BCUT2D eigenvalue weighted by Gasteiger charge is -2.27. The van der Waals surface area contributed by atoms with Crippen LogP contribution in [0.15, 0.2) is 35.2 Å². The number of hydrogen-bond donors (Lipinski definition) is 3. The van der Waals surface area contributed by atoms with E-state index in [4.69, 9.17) is 10.7 Å². The standard InChI is InChI=1S/C34H37BrN10O4/c1-18-9-10-26(35)41-32(18)42-33(49)24-12-34-13-25(34)45(24)28(47)16-44-30-21(29(43-44)31(36)48)11-23(20-14-37-19(2)38-15-20)40-22(30)7-5-3-4-6-8-27(46)39-17-34/h9-11,14-15,24-25H,3-8,12-13,16-17H2,1-2H3,(H2,36,48)(H,39,46)(H,41,42,49)/t24-,25+,34-/m0/s1. The van der Waals surface area contributed by atoms with Crippen LogP contribution in [0, 0.1) is 19.3 Å². The number of aryl methyl sites for hydroxylation is 3. The Kier molecular flexibility index (Phi) is 8.63. The maximum atomic E-state index is 14.4. The number of rotatable bonds is 4. The first-order valence-corrected chi connectivity index (χ1v) is 17.3. The van der Waals surface area contributed by atoms with Crippen molar-refractivity contribution < 1.29 is 19.2 Å². The highest BCUT2D eigenvalue weighted by atomic mass is 79.9. The minimum atomic E-state index is -0.801. The monoisotopic (exact) mass is 728 g/mol. The second-order valence-electron chi connectivity index (χ2n) is 13.3. The summed E-state index contributed by atoms with van der Waals surface area (Å²) in [5.41, 5.74) is 8.69. The fourth-order valence-corrected chi connectivity index (χ4v) is 7.54. The lowest BCUT2D eigenvalue weighted by atomic mass is 9.98. The van der Waals surface area contributed by atoms with Crippen LogP contribution in [0.2, 0.25) is 0 Å². The number of amides is 4. The largest absolute Gasteiger partial charge is 0.364 e. The highest BCUT2D eigenvalue weighted by molar-refractivity contribution is 9.10. The molecule has 2 aliphatic heterocycles. The molecule has 4 aromatic rings. The smallest absolute Gasteiger partial charge is 0.269 e. The molecule has 254 valence electrons. The minimum absolute atomic E-state index is 0.0282. The van der Waals surface area contributed by atoms with Crippen molar-refractivity contribution in [3.8, 4) is 11.3 Å². The Morgan fingerprint density at radius 3 is 2.55 bits per heavy atom. The molecule has 0 aromatic carbocycles. The summed E-state index contributed by atoms with van der Waals surface area (Å²) in [4.78, 5) is 73.5. The van der Waals surface area contributed by atoms with Gasteiger partial charge in [0.05, 0.1) is 16.9 Å². The molecular weight excluding hydrogens is 692 g/mol. The molecule has 2 fully saturated rings. The normalized spacial score (nSPS) is 22.7. The van der Waals surface area contributed by atoms with Crippen LogP contribution in [0.1, 0.15) is 72.5 Å². The first kappa shape index (κ1) is 32.7. The van der Waals surface area contributed by atoms with Crippen molar-refractivity contribution in [1.29, 1.82) is 0 Å². The average molecular weight is 730 g/mol. The molecule has 2 bridgehead atoms. The first-order valence-electron chi connectivity index (χ1n) is 16.5. The Morgan fingerprint density at radius 2 is 1.80 bits per heavy atom. The molecule has 4 aromatic heterocycles. The summed E-state index contributed by atoms with van der Waals surface area (Å²) in [6, 6.07) is 4.33. The predicted octanol–water partition coefficient (Wildman–Crippen LogP) is 3.38. The number of piperidine rings is 1. The van der Waals surface area contributed by atoms with Crippen LogP contribution in [-0.2, 0) is 27.3 Å². The van der Waals surface area contributed by atoms with E-state index in [9.17, 15) is 19.2 Å². The molecule has 6 heterocycles. The molecule has 15 heteroatoms. The number of pyridine rings is 2. The highest BCUT2D eigenvalue weighted by Crippen LogP contribution is 2.59. The van der Waals surface area contributed by atoms with Crippen LogP contribution in [0.5, 0.6) is 0 Å². The van der Waals surface area contributed by atoms with Crippen LogP contribution in [0.25, 0.3) is 22.2 Å². The molecule has 4 amide bonds. The number of nitrogens with zero attached hydrogens (tertiary/aromatic N) is 7. The summed E-state index contributed by atoms with van der Waals surface area (Å²) in [6.45, 7) is 3.79. The third kappa shape index (κ3) is 6.38. The van der Waals surface area contributed by atoms with Crippen molar-refractivity contribution in [2.75, 3.05) is 11.9 Å². The van der Waals surface area contributed by atoms with Gasteiger partial charge in [0.1, 0.15) is 28.8 Å². The Bertz CT molecular complexity index is 2000. The van der Waals surface area contributed by atoms with Crippen molar-refractivity contribution in [1.82, 2.24) is 39.9 Å². The number of halogens is 1. The number of nitrogens with one attached hydrogen (secondary N) is 2. The predicted molar refractivity (Wildman–Crippen MR) is 183 cm³/mol. The van der Waals surface area contributed by atoms with Crippen LogP contribution in [-0.4, -0.2) is 76.9 Å². The van der Waals surface area contributed by atoms with E-state index >= 15 is 0 Å². The van der Waals surface area contributed by atoms with Gasteiger partial charge >= 0.3 is 0 Å². The molecule has 7 rings (SSSR count). The van der Waals surface area contributed by atoms with Crippen molar-refractivity contribution >= 4 is 56.3 Å². The second kappa shape index (κ2) is 12.9. The summed E-state index contributed by atoms with van der Waals surface area (Å²) in [5.74, 6) is -0.429. The SMILES string of the molecule is Cc1ncc(-c2cc3c(C(N)=O)nn4c3c(n2)CCCCCCC(=O)NC[C@@]23C[C@@H](C(=O)Nc5nc(Br)ccc5C)N(C(=O)C4)[C@@H]2C3)cn1.